The van der Waals surface area contributed by atoms with Crippen LogP contribution in [0.5, 0.6) is 0 Å². The van der Waals surface area contributed by atoms with Gasteiger partial charge in [-0.05, 0) is 53.4 Å². The Hall–Kier alpha value is -2.50. The van der Waals surface area contributed by atoms with Crippen LogP contribution in [0.2, 0.25) is 0 Å². The van der Waals surface area contributed by atoms with Gasteiger partial charge in [0.15, 0.2) is 12.6 Å². The third-order valence-electron chi connectivity index (χ3n) is 8.56. The van der Waals surface area contributed by atoms with Crippen molar-refractivity contribution in [3.8, 4) is 0 Å². The van der Waals surface area contributed by atoms with Crippen LogP contribution in [0, 0.1) is 0 Å². The number of aliphatic hydroxyl groups excluding tert-OH is 6. The highest BCUT2D eigenvalue weighted by molar-refractivity contribution is 5.88. The molecule has 0 aromatic carbocycles. The molecule has 6 N–H and O–H groups in total. The number of carbonyl (C=O) groups excluding carboxylic acids is 2. The van der Waals surface area contributed by atoms with Gasteiger partial charge in [-0.3, -0.25) is 0 Å². The molecule has 2 fully saturated rings. The molecule has 0 aromatic heterocycles. The summed E-state index contributed by atoms with van der Waals surface area (Å²) in [5.41, 5.74) is -1.82. The minimum Gasteiger partial charge on any atom is -0.459 e. The van der Waals surface area contributed by atoms with Gasteiger partial charge in [-0.15, -0.1) is 13.2 Å². The van der Waals surface area contributed by atoms with Gasteiger partial charge in [0.25, 0.3) is 0 Å². The van der Waals surface area contributed by atoms with Gasteiger partial charge in [-0.1, -0.05) is 24.3 Å². The number of allylic oxidation sites excluding steroid dienone is 2. The number of hydrogen-bond donors (Lipinski definition) is 6. The van der Waals surface area contributed by atoms with E-state index in [0.29, 0.717) is 0 Å². The summed E-state index contributed by atoms with van der Waals surface area (Å²) in [4.78, 5) is 25.5. The molecule has 2 unspecified atom stereocenters. The highest BCUT2D eigenvalue weighted by atomic mass is 16.7. The fourth-order valence-electron chi connectivity index (χ4n) is 5.11. The van der Waals surface area contributed by atoms with Gasteiger partial charge in [0.1, 0.15) is 62.0 Å². The van der Waals surface area contributed by atoms with Crippen LogP contribution in [0.1, 0.15) is 53.4 Å². The highest BCUT2D eigenvalue weighted by Crippen LogP contribution is 2.31. The van der Waals surface area contributed by atoms with E-state index in [1.165, 1.54) is 26.0 Å². The normalized spacial score (nSPS) is 43.9. The molecule has 3 aliphatic rings. The van der Waals surface area contributed by atoms with Crippen molar-refractivity contribution < 1.29 is 68.6 Å². The predicted molar refractivity (Wildman–Crippen MR) is 161 cm³/mol. The van der Waals surface area contributed by atoms with E-state index >= 15 is 0 Å². The van der Waals surface area contributed by atoms with E-state index in [-0.39, 0.29) is 36.8 Å². The van der Waals surface area contributed by atoms with E-state index in [1.54, 1.807) is 26.0 Å². The molecule has 14 nitrogen and oxygen atoms in total. The molecule has 0 aliphatic carbocycles. The van der Waals surface area contributed by atoms with Crippen LogP contribution < -0.4 is 0 Å². The van der Waals surface area contributed by atoms with Crippen LogP contribution in [0.15, 0.2) is 48.6 Å². The first-order valence-electron chi connectivity index (χ1n) is 15.2. The Kier molecular flexibility index (Phi) is 13.3. The van der Waals surface area contributed by atoms with Crippen molar-refractivity contribution in [2.45, 2.75) is 126 Å². The molecule has 3 heterocycles. The van der Waals surface area contributed by atoms with E-state index < -0.39 is 97.8 Å². The second-order valence-corrected chi connectivity index (χ2v) is 12.3. The minimum atomic E-state index is -1.66. The molecule has 0 aromatic rings. The van der Waals surface area contributed by atoms with Crippen molar-refractivity contribution >= 4 is 11.9 Å². The van der Waals surface area contributed by atoms with E-state index in [0.717, 1.165) is 0 Å². The summed E-state index contributed by atoms with van der Waals surface area (Å²) in [6, 6.07) is 0. The molecule has 0 amide bonds. The number of ether oxygens (including phenoxy) is 6. The average molecular weight is 657 g/mol. The first-order valence-corrected chi connectivity index (χ1v) is 15.2. The van der Waals surface area contributed by atoms with Gasteiger partial charge >= 0.3 is 11.9 Å². The molecule has 3 aliphatic heterocycles. The molecule has 46 heavy (non-hydrogen) atoms. The zero-order valence-electron chi connectivity index (χ0n) is 26.7. The first kappa shape index (κ1) is 38.0. The van der Waals surface area contributed by atoms with Crippen LogP contribution in [0.3, 0.4) is 0 Å². The summed E-state index contributed by atoms with van der Waals surface area (Å²) in [5.74, 6) is -1.44. The van der Waals surface area contributed by atoms with Crippen LogP contribution in [0.4, 0.5) is 0 Å². The van der Waals surface area contributed by atoms with E-state index in [9.17, 15) is 40.2 Å². The van der Waals surface area contributed by atoms with Crippen LogP contribution in [-0.4, -0.2) is 128 Å². The molecule has 2 saturated heterocycles. The Labute approximate surface area is 268 Å². The molecule has 0 spiro atoms. The van der Waals surface area contributed by atoms with Crippen LogP contribution in [0.25, 0.3) is 0 Å². The lowest BCUT2D eigenvalue weighted by Gasteiger charge is -2.43. The Morgan fingerprint density at radius 3 is 1.33 bits per heavy atom. The number of fused-ring (bicyclic) bond motifs is 4. The van der Waals surface area contributed by atoms with Gasteiger partial charge in [0.2, 0.25) is 0 Å². The number of carbonyl (C=O) groups is 2. The molecule has 0 saturated carbocycles. The van der Waals surface area contributed by atoms with Crippen molar-refractivity contribution in [3.05, 3.63) is 48.6 Å². The van der Waals surface area contributed by atoms with Gasteiger partial charge in [0.05, 0.1) is 11.2 Å². The van der Waals surface area contributed by atoms with Gasteiger partial charge < -0.3 is 59.1 Å². The van der Waals surface area contributed by atoms with Crippen LogP contribution in [-0.2, 0) is 38.0 Å². The molecule has 4 bridgehead atoms. The molecule has 12 atom stereocenters. The molecule has 260 valence electrons. The number of rotatable bonds is 2. The lowest BCUT2D eigenvalue weighted by Crippen LogP contribution is -2.60. The highest BCUT2D eigenvalue weighted by Gasteiger charge is 2.48. The van der Waals surface area contributed by atoms with Crippen molar-refractivity contribution in [2.24, 2.45) is 0 Å². The summed E-state index contributed by atoms with van der Waals surface area (Å²) in [7, 11) is 0. The molecule has 0 radical (unpaired) electrons. The maximum absolute atomic E-state index is 12.7. The average Bonchev–Trinajstić information content (AvgIpc) is 3.03. The lowest BCUT2D eigenvalue weighted by atomic mass is 9.96. The van der Waals surface area contributed by atoms with Crippen molar-refractivity contribution in [2.75, 3.05) is 13.2 Å². The third kappa shape index (κ3) is 9.31. The summed E-state index contributed by atoms with van der Waals surface area (Å²) < 4.78 is 34.1. The number of hydrogen-bond acceptors (Lipinski definition) is 14. The summed E-state index contributed by atoms with van der Waals surface area (Å²) >= 11 is 0. The van der Waals surface area contributed by atoms with E-state index in [2.05, 4.69) is 13.2 Å². The number of esters is 2. The van der Waals surface area contributed by atoms with E-state index in [1.807, 2.05) is 0 Å². The minimum absolute atomic E-state index is 0.219. The standard InChI is InChI=1S/C32H48O14/c1-7-31(5)13-9-11-17(3)27(39)42-16-20-22(34)24(36)26(38)30(44-20)46-32(6,8-2)14-10-12-18(4)28(40)41-15-19-21(33)23(35)25(37)29(43-19)45-31/h7-8,11-12,19-26,29-30,33-38H,1-2,9-10,13-16H2,3-6H3/b17-11+,18-12?/t19-,20-,21-,22-,23+,24-,25-,26-,29+,30+,31?,32?/m1/s1. The largest absolute Gasteiger partial charge is 0.459 e. The Morgan fingerprint density at radius 2 is 1.00 bits per heavy atom. The fraction of sp³-hybridized carbons (Fsp3) is 0.688. The predicted octanol–water partition coefficient (Wildman–Crippen LogP) is 0.0772. The Morgan fingerprint density at radius 1 is 0.652 bits per heavy atom. The van der Waals surface area contributed by atoms with Gasteiger partial charge in [-0.25, -0.2) is 9.59 Å². The van der Waals surface area contributed by atoms with Gasteiger partial charge in [-0.2, -0.15) is 0 Å². The quantitative estimate of drug-likeness (QED) is 0.172. The number of aliphatic hydroxyl groups is 6. The van der Waals surface area contributed by atoms with Gasteiger partial charge in [0, 0.05) is 11.1 Å². The molecule has 14 heteroatoms. The second kappa shape index (κ2) is 16.1. The monoisotopic (exact) mass is 656 g/mol. The maximum atomic E-state index is 12.7. The number of cyclic esters (lactones) is 2. The summed E-state index contributed by atoms with van der Waals surface area (Å²) in [6.07, 6.45) is -7.94. The third-order valence-corrected chi connectivity index (χ3v) is 8.56. The first-order chi connectivity index (χ1) is 21.5. The lowest BCUT2D eigenvalue weighted by molar-refractivity contribution is -0.320. The Balaban J connectivity index is 1.87. The molecular formula is C32H48O14. The maximum Gasteiger partial charge on any atom is 0.333 e. The van der Waals surface area contributed by atoms with Crippen molar-refractivity contribution in [1.29, 1.82) is 0 Å². The molecule has 3 rings (SSSR count). The topological polar surface area (TPSA) is 211 Å². The van der Waals surface area contributed by atoms with Crippen LogP contribution >= 0.6 is 0 Å². The summed E-state index contributed by atoms with van der Waals surface area (Å²) in [6.45, 7) is 13.0. The van der Waals surface area contributed by atoms with Crippen molar-refractivity contribution in [3.63, 3.8) is 0 Å². The fourth-order valence-corrected chi connectivity index (χ4v) is 5.11. The zero-order valence-corrected chi connectivity index (χ0v) is 26.7. The zero-order chi connectivity index (χ0) is 34.4. The Bertz CT molecular complexity index is 1070. The second-order valence-electron chi connectivity index (χ2n) is 12.3. The van der Waals surface area contributed by atoms with E-state index in [4.69, 9.17) is 28.4 Å². The smallest absolute Gasteiger partial charge is 0.333 e. The molecular weight excluding hydrogens is 608 g/mol. The van der Waals surface area contributed by atoms with Crippen molar-refractivity contribution in [1.82, 2.24) is 0 Å². The summed E-state index contributed by atoms with van der Waals surface area (Å²) in [5, 5.41) is 63.2. The SMILES string of the molecule is C=CC1(C)CC/C=C(\C)C(=O)OC[C@H]2O[C@@H](OC(C)(C=C)CCC=C(C)C(=O)OC[C@H]3O[C@@H](O1)[C@H](O)[C@@H](O)[C@@H]3O)[C@H](O)[C@H](O)[C@@H]2O.